The summed E-state index contributed by atoms with van der Waals surface area (Å²) in [4.78, 5) is 12.0. The van der Waals surface area contributed by atoms with Crippen molar-refractivity contribution in [3.05, 3.63) is 59.9 Å². The van der Waals surface area contributed by atoms with E-state index < -0.39 is 18.2 Å². The molecule has 0 saturated carbocycles. The maximum Gasteiger partial charge on any atom is 0.319 e. The number of hydrogen-bond donors (Lipinski definition) is 3. The van der Waals surface area contributed by atoms with Crippen molar-refractivity contribution in [2.24, 2.45) is 0 Å². The number of carbonyl (C=O) groups excluding carboxylic acids is 1. The fraction of sp³-hybridized carbons (Fsp3) is 0.235. The van der Waals surface area contributed by atoms with Crippen molar-refractivity contribution >= 4 is 11.7 Å². The lowest BCUT2D eigenvalue weighted by Crippen LogP contribution is -2.39. The van der Waals surface area contributed by atoms with Gasteiger partial charge >= 0.3 is 6.03 Å². The molecule has 2 amide bonds. The normalized spacial score (nSPS) is 13.0. The first-order chi connectivity index (χ1) is 11.0. The monoisotopic (exact) mass is 318 g/mol. The van der Waals surface area contributed by atoms with E-state index >= 15 is 0 Å². The van der Waals surface area contributed by atoms with Gasteiger partial charge in [0.1, 0.15) is 11.6 Å². The average Bonchev–Trinajstić information content (AvgIpc) is 2.55. The van der Waals surface area contributed by atoms with Gasteiger partial charge in [-0.05, 0) is 36.8 Å². The van der Waals surface area contributed by atoms with Crippen LogP contribution in [0.15, 0.2) is 48.5 Å². The second-order valence-electron chi connectivity index (χ2n) is 5.08. The van der Waals surface area contributed by atoms with Gasteiger partial charge in [-0.3, -0.25) is 0 Å². The highest BCUT2D eigenvalue weighted by Gasteiger charge is 2.19. The van der Waals surface area contributed by atoms with Crippen molar-refractivity contribution in [2.75, 3.05) is 12.4 Å². The van der Waals surface area contributed by atoms with Crippen LogP contribution in [0.3, 0.4) is 0 Å². The van der Waals surface area contributed by atoms with Gasteiger partial charge in [0.05, 0.1) is 24.9 Å². The average molecular weight is 318 g/mol. The Morgan fingerprint density at radius 1 is 1.17 bits per heavy atom. The third-order valence-corrected chi connectivity index (χ3v) is 3.40. The Bertz CT molecular complexity index is 661. The Hall–Kier alpha value is -2.60. The highest BCUT2D eigenvalue weighted by Crippen LogP contribution is 2.23. The zero-order valence-electron chi connectivity index (χ0n) is 12.9. The first kappa shape index (κ1) is 16.8. The molecule has 0 aromatic heterocycles. The second kappa shape index (κ2) is 7.60. The Morgan fingerprint density at radius 2 is 1.83 bits per heavy atom. The van der Waals surface area contributed by atoms with Gasteiger partial charge in [-0.15, -0.1) is 0 Å². The lowest BCUT2D eigenvalue weighted by atomic mass is 10.0. The number of hydrogen-bond acceptors (Lipinski definition) is 3. The third kappa shape index (κ3) is 4.43. The highest BCUT2D eigenvalue weighted by atomic mass is 19.1. The number of methoxy groups -OCH3 is 1. The number of aliphatic hydroxyl groups excluding tert-OH is 1. The molecule has 0 aliphatic heterocycles. The van der Waals surface area contributed by atoms with Gasteiger partial charge in [0.15, 0.2) is 0 Å². The summed E-state index contributed by atoms with van der Waals surface area (Å²) >= 11 is 0. The maximum absolute atomic E-state index is 12.9. The molecule has 3 N–H and O–H groups in total. The van der Waals surface area contributed by atoms with Crippen molar-refractivity contribution in [1.82, 2.24) is 5.32 Å². The minimum atomic E-state index is -0.945. The predicted molar refractivity (Wildman–Crippen MR) is 86.0 cm³/mol. The van der Waals surface area contributed by atoms with Crippen molar-refractivity contribution in [3.8, 4) is 5.75 Å². The number of para-hydroxylation sites is 2. The first-order valence-electron chi connectivity index (χ1n) is 7.15. The van der Waals surface area contributed by atoms with Gasteiger partial charge in [-0.25, -0.2) is 9.18 Å². The fourth-order valence-electron chi connectivity index (χ4n) is 2.14. The van der Waals surface area contributed by atoms with E-state index in [-0.39, 0.29) is 5.82 Å². The molecule has 0 aliphatic carbocycles. The molecule has 0 heterocycles. The number of rotatable bonds is 5. The molecule has 2 rings (SSSR count). The molecular weight excluding hydrogens is 299 g/mol. The van der Waals surface area contributed by atoms with Crippen LogP contribution in [0.5, 0.6) is 5.75 Å². The molecule has 6 heteroatoms. The van der Waals surface area contributed by atoms with Crippen LogP contribution >= 0.6 is 0 Å². The van der Waals surface area contributed by atoms with Gasteiger partial charge in [0.2, 0.25) is 0 Å². The van der Waals surface area contributed by atoms with Crippen LogP contribution in [0.25, 0.3) is 0 Å². The summed E-state index contributed by atoms with van der Waals surface area (Å²) in [6.07, 6.45) is -0.945. The fourth-order valence-corrected chi connectivity index (χ4v) is 2.14. The molecule has 0 saturated heterocycles. The molecule has 2 aromatic carbocycles. The molecule has 0 unspecified atom stereocenters. The molecular formula is C17H19FN2O3. The summed E-state index contributed by atoms with van der Waals surface area (Å²) in [5.74, 6) is 0.157. The summed E-state index contributed by atoms with van der Waals surface area (Å²) in [5.41, 5.74) is 1.05. The van der Waals surface area contributed by atoms with Crippen LogP contribution < -0.4 is 15.4 Å². The SMILES string of the molecule is COc1ccccc1NC(=O)N[C@@H](C)[C@H](O)c1ccc(F)cc1. The number of benzene rings is 2. The van der Waals surface area contributed by atoms with Crippen LogP contribution in [0, 0.1) is 5.82 Å². The van der Waals surface area contributed by atoms with Crippen LogP contribution in [0.1, 0.15) is 18.6 Å². The Kier molecular flexibility index (Phi) is 5.54. The minimum absolute atomic E-state index is 0.379. The van der Waals surface area contributed by atoms with E-state index in [1.807, 2.05) is 0 Å². The number of ether oxygens (including phenoxy) is 1. The van der Waals surface area contributed by atoms with E-state index in [4.69, 9.17) is 4.74 Å². The van der Waals surface area contributed by atoms with Gasteiger partial charge in [-0.2, -0.15) is 0 Å². The number of aliphatic hydroxyl groups is 1. The molecule has 23 heavy (non-hydrogen) atoms. The lowest BCUT2D eigenvalue weighted by molar-refractivity contribution is 0.139. The quantitative estimate of drug-likeness (QED) is 0.793. The lowest BCUT2D eigenvalue weighted by Gasteiger charge is -2.21. The molecule has 0 aliphatic rings. The summed E-state index contributed by atoms with van der Waals surface area (Å²) in [7, 11) is 1.51. The van der Waals surface area contributed by atoms with Gasteiger partial charge in [0.25, 0.3) is 0 Å². The van der Waals surface area contributed by atoms with Crippen molar-refractivity contribution in [2.45, 2.75) is 19.1 Å². The summed E-state index contributed by atoms with van der Waals surface area (Å²) in [6, 6.07) is 11.5. The zero-order valence-corrected chi connectivity index (χ0v) is 12.9. The second-order valence-corrected chi connectivity index (χ2v) is 5.08. The van der Waals surface area contributed by atoms with Crippen LogP contribution in [0.4, 0.5) is 14.9 Å². The smallest absolute Gasteiger partial charge is 0.319 e. The molecule has 0 bridgehead atoms. The van der Waals surface area contributed by atoms with E-state index in [2.05, 4.69) is 10.6 Å². The van der Waals surface area contributed by atoms with Crippen molar-refractivity contribution in [3.63, 3.8) is 0 Å². The van der Waals surface area contributed by atoms with Gasteiger partial charge in [-0.1, -0.05) is 24.3 Å². The van der Waals surface area contributed by atoms with E-state index in [0.717, 1.165) is 0 Å². The maximum atomic E-state index is 12.9. The van der Waals surface area contributed by atoms with E-state index in [0.29, 0.717) is 17.0 Å². The van der Waals surface area contributed by atoms with Crippen LogP contribution in [-0.2, 0) is 0 Å². The molecule has 0 fully saturated rings. The topological polar surface area (TPSA) is 70.6 Å². The Morgan fingerprint density at radius 3 is 2.48 bits per heavy atom. The molecule has 0 spiro atoms. The standard InChI is InChI=1S/C17H19FN2O3/c1-11(16(21)12-7-9-13(18)10-8-12)19-17(22)20-14-5-3-4-6-15(14)23-2/h3-11,16,21H,1-2H3,(H2,19,20,22)/t11-,16-/m0/s1. The third-order valence-electron chi connectivity index (χ3n) is 3.40. The number of halogens is 1. The van der Waals surface area contributed by atoms with Gasteiger partial charge in [0, 0.05) is 0 Å². The largest absolute Gasteiger partial charge is 0.495 e. The molecule has 0 radical (unpaired) electrons. The zero-order chi connectivity index (χ0) is 16.8. The highest BCUT2D eigenvalue weighted by molar-refractivity contribution is 5.91. The number of carbonyl (C=O) groups is 1. The van der Waals surface area contributed by atoms with E-state index in [9.17, 15) is 14.3 Å². The minimum Gasteiger partial charge on any atom is -0.495 e. The molecule has 5 nitrogen and oxygen atoms in total. The molecule has 2 aromatic rings. The van der Waals surface area contributed by atoms with Crippen molar-refractivity contribution < 1.29 is 19.0 Å². The Labute approximate surface area is 134 Å². The van der Waals surface area contributed by atoms with Crippen LogP contribution in [0.2, 0.25) is 0 Å². The predicted octanol–water partition coefficient (Wildman–Crippen LogP) is 3.08. The summed E-state index contributed by atoms with van der Waals surface area (Å²) < 4.78 is 18.1. The number of anilines is 1. The molecule has 122 valence electrons. The van der Waals surface area contributed by atoms with Crippen molar-refractivity contribution in [1.29, 1.82) is 0 Å². The number of urea groups is 1. The van der Waals surface area contributed by atoms with Gasteiger partial charge < -0.3 is 20.5 Å². The Balaban J connectivity index is 1.97. The summed E-state index contributed by atoms with van der Waals surface area (Å²) in [5, 5.41) is 15.5. The molecule has 2 atom stereocenters. The first-order valence-corrected chi connectivity index (χ1v) is 7.15. The summed E-state index contributed by atoms with van der Waals surface area (Å²) in [6.45, 7) is 1.66. The number of nitrogens with one attached hydrogen (secondary N) is 2. The number of amides is 2. The van der Waals surface area contributed by atoms with Crippen LogP contribution in [-0.4, -0.2) is 24.3 Å². The van der Waals surface area contributed by atoms with E-state index in [1.54, 1.807) is 31.2 Å². The van der Waals surface area contributed by atoms with E-state index in [1.165, 1.54) is 31.4 Å².